The molecule has 10 nitrogen and oxygen atoms in total. The van der Waals surface area contributed by atoms with Crippen LogP contribution in [0, 0.1) is 24.4 Å². The second-order valence-corrected chi connectivity index (χ2v) is 12.1. The van der Waals surface area contributed by atoms with Crippen LogP contribution in [0.2, 0.25) is 10.0 Å². The molecule has 0 bridgehead atoms. The Morgan fingerprint density at radius 1 is 1.04 bits per heavy atom. The van der Waals surface area contributed by atoms with E-state index in [1.807, 2.05) is 30.3 Å². The Balaban J connectivity index is 1.35. The summed E-state index contributed by atoms with van der Waals surface area (Å²) >= 11 is 12.9. The van der Waals surface area contributed by atoms with Crippen molar-refractivity contribution in [3.8, 4) is 16.9 Å². The maximum atomic E-state index is 14.2. The molecular weight excluding hydrogens is 672 g/mol. The van der Waals surface area contributed by atoms with Crippen LogP contribution in [0.4, 0.5) is 13.2 Å². The van der Waals surface area contributed by atoms with Crippen molar-refractivity contribution in [1.82, 2.24) is 29.8 Å². The van der Waals surface area contributed by atoms with E-state index in [-0.39, 0.29) is 24.5 Å². The quantitative estimate of drug-likeness (QED) is 0.127. The van der Waals surface area contributed by atoms with E-state index in [0.29, 0.717) is 27.4 Å². The van der Waals surface area contributed by atoms with Gasteiger partial charge in [-0.2, -0.15) is 5.10 Å². The maximum Gasteiger partial charge on any atom is 0.194 e. The Kier molecular flexibility index (Phi) is 9.07. The normalized spacial score (nSPS) is 24.0. The average molecular weight is 700 g/mol. The third-order valence-electron chi connectivity index (χ3n) is 8.05. The predicted octanol–water partition coefficient (Wildman–Crippen LogP) is 6.92. The molecule has 4 heterocycles. The highest BCUT2D eigenvalue weighted by Gasteiger charge is 2.53. The average Bonchev–Trinajstić information content (AvgIpc) is 3.73. The maximum absolute atomic E-state index is 14.2. The van der Waals surface area contributed by atoms with Gasteiger partial charge in [0.25, 0.3) is 0 Å². The molecular formula is C33H27Cl2F3N6O4. The Morgan fingerprint density at radius 3 is 2.56 bits per heavy atom. The van der Waals surface area contributed by atoms with Crippen LogP contribution in [0.15, 0.2) is 79.5 Å². The molecule has 0 N–H and O–H groups in total. The van der Waals surface area contributed by atoms with Gasteiger partial charge in [-0.1, -0.05) is 64.8 Å². The summed E-state index contributed by atoms with van der Waals surface area (Å²) in [5.74, 6) is -3.52. The SMILES string of the molecule is C=CCO[C@@H]1[C@@H](n2cc(-c3cc(F)c(F)c(F)c3)nn2)[C@H]2O[C@@H](c3ccccc3)OC[C@H]2O[C@H]1c1nc(C)nn1-c1cc(Cl)ccc1Cl. The van der Waals surface area contributed by atoms with Crippen molar-refractivity contribution in [3.63, 3.8) is 0 Å². The molecule has 15 heteroatoms. The van der Waals surface area contributed by atoms with Crippen LogP contribution < -0.4 is 0 Å². The van der Waals surface area contributed by atoms with E-state index in [4.69, 9.17) is 47.1 Å². The van der Waals surface area contributed by atoms with Gasteiger partial charge in [0.05, 0.1) is 30.1 Å². The number of aromatic nitrogens is 6. The molecule has 2 aliphatic heterocycles. The summed E-state index contributed by atoms with van der Waals surface area (Å²) in [5.41, 5.74) is 1.32. The van der Waals surface area contributed by atoms with Gasteiger partial charge in [-0.3, -0.25) is 0 Å². The number of rotatable bonds is 8. The van der Waals surface area contributed by atoms with Crippen LogP contribution in [0.25, 0.3) is 16.9 Å². The number of aryl methyl sites for hydroxylation is 1. The molecule has 2 fully saturated rings. The minimum absolute atomic E-state index is 0.0117. The van der Waals surface area contributed by atoms with Crippen molar-refractivity contribution in [1.29, 1.82) is 0 Å². The molecule has 7 rings (SSSR count). The second-order valence-electron chi connectivity index (χ2n) is 11.2. The van der Waals surface area contributed by atoms with Crippen LogP contribution in [-0.2, 0) is 18.9 Å². The second kappa shape index (κ2) is 13.4. The van der Waals surface area contributed by atoms with Crippen molar-refractivity contribution in [2.75, 3.05) is 13.2 Å². The smallest absolute Gasteiger partial charge is 0.194 e. The summed E-state index contributed by atoms with van der Waals surface area (Å²) in [7, 11) is 0. The summed E-state index contributed by atoms with van der Waals surface area (Å²) in [5, 5.41) is 13.9. The van der Waals surface area contributed by atoms with Crippen LogP contribution >= 0.6 is 23.2 Å². The highest BCUT2D eigenvalue weighted by molar-refractivity contribution is 6.34. The van der Waals surface area contributed by atoms with Gasteiger partial charge in [0.15, 0.2) is 29.6 Å². The summed E-state index contributed by atoms with van der Waals surface area (Å²) in [6.45, 7) is 5.75. The fourth-order valence-electron chi connectivity index (χ4n) is 5.95. The van der Waals surface area contributed by atoms with E-state index in [9.17, 15) is 13.2 Å². The van der Waals surface area contributed by atoms with Crippen molar-refractivity contribution < 1.29 is 32.1 Å². The fraction of sp³-hybridized carbons (Fsp3) is 0.273. The largest absolute Gasteiger partial charge is 0.369 e. The summed E-state index contributed by atoms with van der Waals surface area (Å²) in [4.78, 5) is 4.72. The zero-order chi connectivity index (χ0) is 33.5. The predicted molar refractivity (Wildman–Crippen MR) is 168 cm³/mol. The molecule has 0 amide bonds. The van der Waals surface area contributed by atoms with E-state index in [0.717, 1.165) is 17.7 Å². The van der Waals surface area contributed by atoms with Crippen LogP contribution in [-0.4, -0.2) is 61.3 Å². The zero-order valence-corrected chi connectivity index (χ0v) is 26.7. The molecule has 0 saturated carbocycles. The monoisotopic (exact) mass is 698 g/mol. The lowest BCUT2D eigenvalue weighted by molar-refractivity contribution is -0.322. The first kappa shape index (κ1) is 32.4. The molecule has 248 valence electrons. The number of ether oxygens (including phenoxy) is 4. The first-order chi connectivity index (χ1) is 23.2. The fourth-order valence-corrected chi connectivity index (χ4v) is 6.32. The van der Waals surface area contributed by atoms with Crippen molar-refractivity contribution in [3.05, 3.63) is 124 Å². The van der Waals surface area contributed by atoms with Crippen molar-refractivity contribution >= 4 is 23.2 Å². The number of hydrogen-bond donors (Lipinski definition) is 0. The van der Waals surface area contributed by atoms with E-state index < -0.39 is 54.2 Å². The third kappa shape index (κ3) is 6.13. The lowest BCUT2D eigenvalue weighted by Gasteiger charge is -2.49. The topological polar surface area (TPSA) is 98.3 Å². The third-order valence-corrected chi connectivity index (χ3v) is 8.61. The first-order valence-electron chi connectivity index (χ1n) is 14.9. The summed E-state index contributed by atoms with van der Waals surface area (Å²) in [6, 6.07) is 15.3. The van der Waals surface area contributed by atoms with E-state index >= 15 is 0 Å². The van der Waals surface area contributed by atoms with Crippen LogP contribution in [0.3, 0.4) is 0 Å². The van der Waals surface area contributed by atoms with Crippen LogP contribution in [0.5, 0.6) is 0 Å². The lowest BCUT2D eigenvalue weighted by atomic mass is 9.90. The Hall–Kier alpha value is -4.11. The standard InChI is InChI=1S/C33H27Cl2F3N6O4/c1-3-11-45-30-28(43-15-24(40-42-43)19-12-22(36)27(38)23(37)13-19)29-26(16-46-33(48-29)18-7-5-4-6-8-18)47-31(30)32-39-17(2)41-44(32)25-14-20(34)9-10-21(25)35/h3-10,12-15,26,28-31,33H,1,11,16H2,2H3/t26-,28+,29+,30-,31-,33+/m1/s1. The number of benzene rings is 3. The van der Waals surface area contributed by atoms with Gasteiger partial charge >= 0.3 is 0 Å². The highest BCUT2D eigenvalue weighted by Crippen LogP contribution is 2.45. The van der Waals surface area contributed by atoms with E-state index in [2.05, 4.69) is 22.0 Å². The minimum Gasteiger partial charge on any atom is -0.369 e. The van der Waals surface area contributed by atoms with Gasteiger partial charge in [-0.25, -0.2) is 27.5 Å². The van der Waals surface area contributed by atoms with Gasteiger partial charge in [0.2, 0.25) is 0 Å². The van der Waals surface area contributed by atoms with Gasteiger partial charge in [-0.15, -0.1) is 11.7 Å². The molecule has 2 saturated heterocycles. The van der Waals surface area contributed by atoms with Gasteiger partial charge in [-0.05, 0) is 37.3 Å². The number of halogens is 5. The molecule has 48 heavy (non-hydrogen) atoms. The highest BCUT2D eigenvalue weighted by atomic mass is 35.5. The van der Waals surface area contributed by atoms with Gasteiger partial charge < -0.3 is 18.9 Å². The first-order valence-corrected chi connectivity index (χ1v) is 15.6. The Labute approximate surface area is 282 Å². The molecule has 2 aliphatic rings. The lowest BCUT2D eigenvalue weighted by Crippen LogP contribution is -2.57. The molecule has 6 atom stereocenters. The van der Waals surface area contributed by atoms with Crippen LogP contribution in [0.1, 0.15) is 35.6 Å². The molecule has 0 radical (unpaired) electrons. The molecule has 0 aliphatic carbocycles. The minimum atomic E-state index is -1.58. The molecule has 3 aromatic carbocycles. The van der Waals surface area contributed by atoms with Gasteiger partial charge in [0, 0.05) is 16.1 Å². The zero-order valence-electron chi connectivity index (χ0n) is 25.2. The Morgan fingerprint density at radius 2 is 1.81 bits per heavy atom. The number of nitrogens with zero attached hydrogens (tertiary/aromatic N) is 6. The van der Waals surface area contributed by atoms with Gasteiger partial charge in [0.1, 0.15) is 42.0 Å². The summed E-state index contributed by atoms with van der Waals surface area (Å²) < 4.78 is 71.0. The summed E-state index contributed by atoms with van der Waals surface area (Å²) in [6.07, 6.45) is -0.902. The van der Waals surface area contributed by atoms with Crippen molar-refractivity contribution in [2.45, 2.75) is 43.7 Å². The molecule has 0 spiro atoms. The van der Waals surface area contributed by atoms with E-state index in [1.165, 1.54) is 10.9 Å². The Bertz CT molecular complexity index is 1940. The molecule has 5 aromatic rings. The van der Waals surface area contributed by atoms with Crippen molar-refractivity contribution in [2.24, 2.45) is 0 Å². The number of fused-ring (bicyclic) bond motifs is 1. The van der Waals surface area contributed by atoms with E-state index in [1.54, 1.807) is 35.9 Å². The molecule has 2 aromatic heterocycles. The molecule has 0 unspecified atom stereocenters. The number of hydrogen-bond acceptors (Lipinski definition) is 8.